The number of pyridine rings is 1. The molecule has 2 aromatic carbocycles. The zero-order valence-electron chi connectivity index (χ0n) is 14.7. The van der Waals surface area contributed by atoms with Gasteiger partial charge < -0.3 is 15.0 Å². The van der Waals surface area contributed by atoms with E-state index < -0.39 is 11.5 Å². The van der Waals surface area contributed by atoms with E-state index in [2.05, 4.69) is 10.3 Å². The van der Waals surface area contributed by atoms with Crippen LogP contribution in [0.1, 0.15) is 28.9 Å². The first-order valence-corrected chi connectivity index (χ1v) is 8.31. The van der Waals surface area contributed by atoms with Crippen molar-refractivity contribution in [1.82, 2.24) is 4.98 Å². The number of rotatable bonds is 5. The summed E-state index contributed by atoms with van der Waals surface area (Å²) in [7, 11) is 1.63. The van der Waals surface area contributed by atoms with Gasteiger partial charge in [0.15, 0.2) is 0 Å². The monoisotopic (exact) mass is 348 g/mol. The highest BCUT2D eigenvalue weighted by atomic mass is 16.5. The number of aromatic amines is 1. The predicted octanol–water partition coefficient (Wildman–Crippen LogP) is 4.00. The van der Waals surface area contributed by atoms with Crippen molar-refractivity contribution in [2.24, 2.45) is 0 Å². The second-order valence-electron chi connectivity index (χ2n) is 5.94. The van der Waals surface area contributed by atoms with Gasteiger partial charge in [-0.3, -0.25) is 9.59 Å². The summed E-state index contributed by atoms with van der Waals surface area (Å²) in [6, 6.07) is 20.1. The van der Waals surface area contributed by atoms with Crippen LogP contribution in [-0.4, -0.2) is 18.0 Å². The molecule has 1 amide bonds. The van der Waals surface area contributed by atoms with Gasteiger partial charge in [0.1, 0.15) is 5.56 Å². The Hall–Kier alpha value is -3.18. The molecule has 3 aromatic rings. The molecule has 132 valence electrons. The lowest BCUT2D eigenvalue weighted by atomic mass is 10.1. The second-order valence-corrected chi connectivity index (χ2v) is 5.94. The minimum absolute atomic E-state index is 0.0647. The molecule has 0 fully saturated rings. The maximum Gasteiger partial charge on any atom is 0.261 e. The number of amides is 1. The van der Waals surface area contributed by atoms with Crippen molar-refractivity contribution in [1.29, 1.82) is 0 Å². The molecule has 3 rings (SSSR count). The predicted molar refractivity (Wildman–Crippen MR) is 102 cm³/mol. The van der Waals surface area contributed by atoms with Crippen LogP contribution < -0.4 is 10.9 Å². The molecule has 2 N–H and O–H groups in total. The van der Waals surface area contributed by atoms with Gasteiger partial charge in [-0.1, -0.05) is 42.5 Å². The van der Waals surface area contributed by atoms with Gasteiger partial charge in [-0.15, -0.1) is 0 Å². The molecule has 0 saturated carbocycles. The van der Waals surface area contributed by atoms with Crippen LogP contribution in [0.25, 0.3) is 11.3 Å². The normalized spacial score (nSPS) is 11.8. The summed E-state index contributed by atoms with van der Waals surface area (Å²) in [5, 5.41) is 2.76. The van der Waals surface area contributed by atoms with Crippen molar-refractivity contribution in [2.45, 2.75) is 13.0 Å². The molecule has 5 nitrogen and oxygen atoms in total. The van der Waals surface area contributed by atoms with Crippen LogP contribution in [0.4, 0.5) is 5.69 Å². The number of nitrogens with one attached hydrogen (secondary N) is 2. The lowest BCUT2D eigenvalue weighted by molar-refractivity contribution is 0.102. The molecule has 0 saturated heterocycles. The Labute approximate surface area is 151 Å². The number of methoxy groups -OCH3 is 1. The van der Waals surface area contributed by atoms with Crippen molar-refractivity contribution in [3.05, 3.63) is 88.2 Å². The molecule has 1 aromatic heterocycles. The van der Waals surface area contributed by atoms with Gasteiger partial charge in [0.25, 0.3) is 11.5 Å². The van der Waals surface area contributed by atoms with Crippen molar-refractivity contribution in [3.63, 3.8) is 0 Å². The molecule has 0 bridgehead atoms. The van der Waals surface area contributed by atoms with Gasteiger partial charge in [-0.05, 0) is 42.3 Å². The smallest absolute Gasteiger partial charge is 0.261 e. The fourth-order valence-electron chi connectivity index (χ4n) is 2.64. The van der Waals surface area contributed by atoms with E-state index in [0.717, 1.165) is 11.1 Å². The highest BCUT2D eigenvalue weighted by molar-refractivity contribution is 6.04. The van der Waals surface area contributed by atoms with Crippen molar-refractivity contribution >= 4 is 11.6 Å². The quantitative estimate of drug-likeness (QED) is 0.732. The molecule has 1 unspecified atom stereocenters. The maximum atomic E-state index is 12.5. The van der Waals surface area contributed by atoms with Crippen LogP contribution in [0, 0.1) is 0 Å². The molecule has 0 aliphatic heterocycles. The molecule has 5 heteroatoms. The van der Waals surface area contributed by atoms with E-state index in [1.807, 2.05) is 55.5 Å². The molecule has 0 spiro atoms. The minimum atomic E-state index is -0.451. The Kier molecular flexibility index (Phi) is 5.29. The Morgan fingerprint density at radius 1 is 1.04 bits per heavy atom. The summed E-state index contributed by atoms with van der Waals surface area (Å²) in [5.74, 6) is -0.451. The third-order valence-electron chi connectivity index (χ3n) is 4.21. The van der Waals surface area contributed by atoms with Gasteiger partial charge in [-0.2, -0.15) is 0 Å². The molecule has 0 aliphatic rings. The number of benzene rings is 2. The van der Waals surface area contributed by atoms with Crippen molar-refractivity contribution < 1.29 is 9.53 Å². The topological polar surface area (TPSA) is 71.2 Å². The summed E-state index contributed by atoms with van der Waals surface area (Å²) < 4.78 is 5.29. The summed E-state index contributed by atoms with van der Waals surface area (Å²) in [4.78, 5) is 27.6. The number of hydrogen-bond donors (Lipinski definition) is 2. The summed E-state index contributed by atoms with van der Waals surface area (Å²) in [5.41, 5.74) is 2.75. The van der Waals surface area contributed by atoms with Crippen LogP contribution in [0.3, 0.4) is 0 Å². The number of ether oxygens (including phenoxy) is 1. The van der Waals surface area contributed by atoms with Crippen LogP contribution >= 0.6 is 0 Å². The Bertz CT molecular complexity index is 964. The maximum absolute atomic E-state index is 12.5. The first-order valence-electron chi connectivity index (χ1n) is 8.31. The average molecular weight is 348 g/mol. The number of H-pyrrole nitrogens is 1. The van der Waals surface area contributed by atoms with Crippen molar-refractivity contribution in [3.8, 4) is 11.3 Å². The van der Waals surface area contributed by atoms with E-state index in [1.165, 1.54) is 6.07 Å². The number of carbonyl (C=O) groups excluding carboxylic acids is 1. The minimum Gasteiger partial charge on any atom is -0.377 e. The first-order chi connectivity index (χ1) is 12.6. The lowest BCUT2D eigenvalue weighted by Crippen LogP contribution is -2.23. The van der Waals surface area contributed by atoms with Gasteiger partial charge in [0, 0.05) is 18.5 Å². The van der Waals surface area contributed by atoms with E-state index in [4.69, 9.17) is 4.74 Å². The van der Waals surface area contributed by atoms with E-state index >= 15 is 0 Å². The average Bonchev–Trinajstić information content (AvgIpc) is 2.68. The highest BCUT2D eigenvalue weighted by Crippen LogP contribution is 2.20. The molecule has 26 heavy (non-hydrogen) atoms. The van der Waals surface area contributed by atoms with E-state index in [9.17, 15) is 9.59 Å². The highest BCUT2D eigenvalue weighted by Gasteiger charge is 2.13. The van der Waals surface area contributed by atoms with Crippen LogP contribution in [0.5, 0.6) is 0 Å². The lowest BCUT2D eigenvalue weighted by Gasteiger charge is -2.12. The van der Waals surface area contributed by atoms with Crippen LogP contribution in [-0.2, 0) is 4.74 Å². The molecule has 0 radical (unpaired) electrons. The van der Waals surface area contributed by atoms with Gasteiger partial charge in [0.2, 0.25) is 0 Å². The number of carbonyl (C=O) groups is 1. The third kappa shape index (κ3) is 3.90. The van der Waals surface area contributed by atoms with Gasteiger partial charge in [-0.25, -0.2) is 0 Å². The SMILES string of the molecule is COC(C)c1cccc(NC(=O)c2ccc(-c3ccccc3)[nH]c2=O)c1. The Balaban J connectivity index is 1.82. The zero-order chi connectivity index (χ0) is 18.5. The molecular formula is C21H20N2O3. The number of hydrogen-bond acceptors (Lipinski definition) is 3. The Morgan fingerprint density at radius 2 is 1.81 bits per heavy atom. The summed E-state index contributed by atoms with van der Waals surface area (Å²) >= 11 is 0. The van der Waals surface area contributed by atoms with E-state index in [1.54, 1.807) is 19.2 Å². The molecular weight excluding hydrogens is 328 g/mol. The van der Waals surface area contributed by atoms with E-state index in [0.29, 0.717) is 11.4 Å². The van der Waals surface area contributed by atoms with Gasteiger partial charge >= 0.3 is 0 Å². The fraction of sp³-hybridized carbons (Fsp3) is 0.143. The largest absolute Gasteiger partial charge is 0.377 e. The second kappa shape index (κ2) is 7.80. The number of aromatic nitrogens is 1. The standard InChI is InChI=1S/C21H20N2O3/c1-14(26-2)16-9-6-10-17(13-16)22-20(24)18-11-12-19(23-21(18)25)15-7-4-3-5-8-15/h3-14H,1-2H3,(H,22,24)(H,23,25). The molecule has 1 atom stereocenters. The van der Waals surface area contributed by atoms with Gasteiger partial charge in [0.05, 0.1) is 6.10 Å². The third-order valence-corrected chi connectivity index (χ3v) is 4.21. The fourth-order valence-corrected chi connectivity index (χ4v) is 2.64. The summed E-state index contributed by atoms with van der Waals surface area (Å²) in [6.45, 7) is 1.92. The first kappa shape index (κ1) is 17.6. The van der Waals surface area contributed by atoms with Crippen LogP contribution in [0.2, 0.25) is 0 Å². The molecule has 1 heterocycles. The zero-order valence-corrected chi connectivity index (χ0v) is 14.7. The molecule has 0 aliphatic carbocycles. The summed E-state index contributed by atoms with van der Waals surface area (Å²) in [6.07, 6.45) is -0.0830. The number of anilines is 1. The van der Waals surface area contributed by atoms with Crippen molar-refractivity contribution in [2.75, 3.05) is 12.4 Å². The Morgan fingerprint density at radius 3 is 2.50 bits per heavy atom. The van der Waals surface area contributed by atoms with Crippen LogP contribution in [0.15, 0.2) is 71.5 Å². The van der Waals surface area contributed by atoms with E-state index in [-0.39, 0.29) is 11.7 Å².